The van der Waals surface area contributed by atoms with Crippen LogP contribution in [0, 0.1) is 0 Å². The third-order valence-corrected chi connectivity index (χ3v) is 3.43. The second kappa shape index (κ2) is 4.45. The smallest absolute Gasteiger partial charge is 0.159 e. The van der Waals surface area contributed by atoms with Gasteiger partial charge in [0.1, 0.15) is 5.69 Å². The molecule has 3 aromatic heterocycles. The van der Waals surface area contributed by atoms with E-state index in [0.717, 1.165) is 27.4 Å². The second-order valence-electron chi connectivity index (χ2n) is 4.67. The van der Waals surface area contributed by atoms with Gasteiger partial charge in [-0.2, -0.15) is 5.10 Å². The molecule has 0 bridgehead atoms. The first kappa shape index (κ1) is 12.3. The molecule has 2 N–H and O–H groups in total. The molecule has 0 fully saturated rings. The van der Waals surface area contributed by atoms with Gasteiger partial charge in [-0.1, -0.05) is 19.2 Å². The fraction of sp³-hybridized carbons (Fsp3) is 0.133. The fourth-order valence-electron chi connectivity index (χ4n) is 2.09. The molecule has 5 nitrogen and oxygen atoms in total. The molecule has 3 heterocycles. The molecule has 0 aliphatic rings. The molecule has 5 heteroatoms. The van der Waals surface area contributed by atoms with E-state index in [1.807, 2.05) is 26.1 Å². The van der Waals surface area contributed by atoms with Crippen molar-refractivity contribution in [3.8, 4) is 11.5 Å². The highest BCUT2D eigenvalue weighted by molar-refractivity contribution is 5.89. The molecule has 0 saturated heterocycles. The minimum absolute atomic E-state index is 0.675. The number of pyridine rings is 1. The van der Waals surface area contributed by atoms with Gasteiger partial charge in [0.15, 0.2) is 5.82 Å². The quantitative estimate of drug-likeness (QED) is 0.739. The number of fused-ring (bicyclic) bond motifs is 1. The van der Waals surface area contributed by atoms with Crippen molar-refractivity contribution in [1.29, 1.82) is 0 Å². The van der Waals surface area contributed by atoms with E-state index >= 15 is 0 Å². The maximum absolute atomic E-state index is 4.64. The number of allylic oxidation sites excluding steroid dienone is 2. The van der Waals surface area contributed by atoms with Crippen molar-refractivity contribution < 1.29 is 0 Å². The van der Waals surface area contributed by atoms with Gasteiger partial charge in [0.05, 0.1) is 22.6 Å². The lowest BCUT2D eigenvalue weighted by Gasteiger charge is -1.99. The van der Waals surface area contributed by atoms with Crippen molar-refractivity contribution in [3.63, 3.8) is 0 Å². The summed E-state index contributed by atoms with van der Waals surface area (Å²) >= 11 is 0. The minimum Gasteiger partial charge on any atom is -0.335 e. The summed E-state index contributed by atoms with van der Waals surface area (Å²) < 4.78 is 0. The number of H-pyrrole nitrogens is 2. The standard InChI is InChI=1S/C15H15N5/c1-5-8(2)11-6-16-7-12-14(11)18-15(17-12)13-9(3)10(4)19-20-13/h5-7,19H,3-4H2,1-2H3,(H,17,18). The molecule has 0 spiro atoms. The van der Waals surface area contributed by atoms with Crippen LogP contribution in [0.3, 0.4) is 0 Å². The average molecular weight is 265 g/mol. The van der Waals surface area contributed by atoms with Crippen molar-refractivity contribution in [3.05, 3.63) is 34.6 Å². The van der Waals surface area contributed by atoms with Crippen LogP contribution in [0.1, 0.15) is 19.4 Å². The Morgan fingerprint density at radius 3 is 2.75 bits per heavy atom. The Morgan fingerprint density at radius 1 is 1.30 bits per heavy atom. The molecule has 100 valence electrons. The van der Waals surface area contributed by atoms with Crippen LogP contribution in [0.2, 0.25) is 0 Å². The lowest BCUT2D eigenvalue weighted by molar-refractivity contribution is 1.06. The van der Waals surface area contributed by atoms with E-state index in [-0.39, 0.29) is 0 Å². The highest BCUT2D eigenvalue weighted by Gasteiger charge is 2.12. The molecule has 0 amide bonds. The highest BCUT2D eigenvalue weighted by atomic mass is 15.1. The Labute approximate surface area is 115 Å². The first-order chi connectivity index (χ1) is 9.61. The van der Waals surface area contributed by atoms with E-state index in [1.165, 1.54) is 0 Å². The van der Waals surface area contributed by atoms with Gasteiger partial charge in [-0.25, -0.2) is 4.98 Å². The first-order valence-corrected chi connectivity index (χ1v) is 6.31. The Balaban J connectivity index is 2.29. The number of hydrogen-bond donors (Lipinski definition) is 2. The summed E-state index contributed by atoms with van der Waals surface area (Å²) in [6.07, 6.45) is 5.63. The Hall–Kier alpha value is -2.69. The number of aromatic nitrogens is 5. The van der Waals surface area contributed by atoms with Gasteiger partial charge in [0, 0.05) is 17.0 Å². The molecule has 3 aromatic rings. The van der Waals surface area contributed by atoms with Gasteiger partial charge < -0.3 is 4.98 Å². The molecule has 0 aromatic carbocycles. The van der Waals surface area contributed by atoms with Crippen LogP contribution in [-0.4, -0.2) is 25.1 Å². The topological polar surface area (TPSA) is 70.2 Å². The van der Waals surface area contributed by atoms with E-state index in [4.69, 9.17) is 0 Å². The maximum Gasteiger partial charge on any atom is 0.159 e. The summed E-state index contributed by atoms with van der Waals surface area (Å²) in [5, 5.41) is 8.46. The number of aromatic amines is 2. The van der Waals surface area contributed by atoms with Crippen molar-refractivity contribution in [2.24, 2.45) is 0 Å². The number of imidazole rings is 1. The van der Waals surface area contributed by atoms with Crippen molar-refractivity contribution in [2.45, 2.75) is 13.8 Å². The second-order valence-corrected chi connectivity index (χ2v) is 4.67. The number of hydrogen-bond acceptors (Lipinski definition) is 3. The first-order valence-electron chi connectivity index (χ1n) is 6.31. The lowest BCUT2D eigenvalue weighted by atomic mass is 10.1. The molecule has 0 aliphatic carbocycles. The molecular formula is C15H15N5. The SMILES string of the molecule is C=c1[nH]nc(-c2nc3c(C(C)=CC)cncc3[nH]2)c1=C. The van der Waals surface area contributed by atoms with Crippen LogP contribution < -0.4 is 10.6 Å². The summed E-state index contributed by atoms with van der Waals surface area (Å²) in [6, 6.07) is 0. The third-order valence-electron chi connectivity index (χ3n) is 3.43. The Kier molecular flexibility index (Phi) is 2.75. The number of nitrogens with one attached hydrogen (secondary N) is 2. The Bertz CT molecular complexity index is 914. The summed E-state index contributed by atoms with van der Waals surface area (Å²) in [4.78, 5) is 12.1. The molecule has 20 heavy (non-hydrogen) atoms. The van der Waals surface area contributed by atoms with Crippen molar-refractivity contribution in [2.75, 3.05) is 0 Å². The van der Waals surface area contributed by atoms with E-state index < -0.39 is 0 Å². The van der Waals surface area contributed by atoms with Gasteiger partial charge in [-0.15, -0.1) is 0 Å². The monoisotopic (exact) mass is 265 g/mol. The van der Waals surface area contributed by atoms with E-state index in [2.05, 4.69) is 38.3 Å². The van der Waals surface area contributed by atoms with Gasteiger partial charge in [0.25, 0.3) is 0 Å². The summed E-state index contributed by atoms with van der Waals surface area (Å²) in [7, 11) is 0. The predicted octanol–water partition coefficient (Wildman–Crippen LogP) is 1.59. The molecule has 0 aliphatic heterocycles. The third kappa shape index (κ3) is 1.75. The van der Waals surface area contributed by atoms with Crippen LogP contribution in [0.5, 0.6) is 0 Å². The predicted molar refractivity (Wildman–Crippen MR) is 81.1 cm³/mol. The van der Waals surface area contributed by atoms with E-state index in [0.29, 0.717) is 16.9 Å². The van der Waals surface area contributed by atoms with E-state index in [1.54, 1.807) is 6.20 Å². The molecule has 3 rings (SSSR count). The lowest BCUT2D eigenvalue weighted by Crippen LogP contribution is -2.19. The van der Waals surface area contributed by atoms with Crippen LogP contribution in [0.15, 0.2) is 18.5 Å². The van der Waals surface area contributed by atoms with Crippen LogP contribution in [-0.2, 0) is 0 Å². The summed E-state index contributed by atoms with van der Waals surface area (Å²) in [5.41, 5.74) is 4.61. The molecule has 0 atom stereocenters. The molecule has 0 radical (unpaired) electrons. The van der Waals surface area contributed by atoms with Crippen molar-refractivity contribution >= 4 is 29.8 Å². The zero-order valence-corrected chi connectivity index (χ0v) is 11.5. The van der Waals surface area contributed by atoms with Gasteiger partial charge in [0.2, 0.25) is 0 Å². The molecule has 0 unspecified atom stereocenters. The Morgan fingerprint density at radius 2 is 2.10 bits per heavy atom. The van der Waals surface area contributed by atoms with Gasteiger partial charge >= 0.3 is 0 Å². The normalized spacial score (nSPS) is 12.2. The van der Waals surface area contributed by atoms with Crippen LogP contribution in [0.25, 0.3) is 41.3 Å². The minimum atomic E-state index is 0.675. The maximum atomic E-state index is 4.64. The van der Waals surface area contributed by atoms with Crippen LogP contribution >= 0.6 is 0 Å². The molecular weight excluding hydrogens is 250 g/mol. The van der Waals surface area contributed by atoms with E-state index in [9.17, 15) is 0 Å². The van der Waals surface area contributed by atoms with Gasteiger partial charge in [-0.05, 0) is 19.4 Å². The zero-order chi connectivity index (χ0) is 14.3. The zero-order valence-electron chi connectivity index (χ0n) is 11.5. The molecule has 0 saturated carbocycles. The fourth-order valence-corrected chi connectivity index (χ4v) is 2.09. The summed E-state index contributed by atoms with van der Waals surface area (Å²) in [5.74, 6) is 0.675. The average Bonchev–Trinajstić information content (AvgIpc) is 3.02. The number of rotatable bonds is 2. The largest absolute Gasteiger partial charge is 0.335 e. The van der Waals surface area contributed by atoms with Gasteiger partial charge in [-0.3, -0.25) is 10.1 Å². The van der Waals surface area contributed by atoms with Crippen LogP contribution in [0.4, 0.5) is 0 Å². The summed E-state index contributed by atoms with van der Waals surface area (Å²) in [6.45, 7) is 11.8. The van der Waals surface area contributed by atoms with Crippen molar-refractivity contribution in [1.82, 2.24) is 25.1 Å². The number of nitrogens with zero attached hydrogens (tertiary/aromatic N) is 3. The highest BCUT2D eigenvalue weighted by Crippen LogP contribution is 2.23.